The van der Waals surface area contributed by atoms with E-state index in [4.69, 9.17) is 0 Å². The molecule has 4 rings (SSSR count). The van der Waals surface area contributed by atoms with Crippen molar-refractivity contribution < 1.29 is 42.6 Å². The zero-order chi connectivity index (χ0) is 24.2. The number of rotatable bonds is 7. The molecule has 5 heteroatoms. The first-order chi connectivity index (χ1) is 16.3. The fourth-order valence-corrected chi connectivity index (χ4v) is 5.26. The van der Waals surface area contributed by atoms with Crippen LogP contribution < -0.4 is 0 Å². The molecule has 181 valence electrons. The van der Waals surface area contributed by atoms with E-state index in [1.54, 1.807) is 4.90 Å². The summed E-state index contributed by atoms with van der Waals surface area (Å²) < 4.78 is 0. The van der Waals surface area contributed by atoms with Crippen LogP contribution in [-0.2, 0) is 48.5 Å². The molecule has 35 heavy (non-hydrogen) atoms. The molecule has 1 saturated heterocycles. The van der Waals surface area contributed by atoms with E-state index in [0.29, 0.717) is 19.3 Å². The molecule has 0 aliphatic carbocycles. The van der Waals surface area contributed by atoms with Crippen molar-refractivity contribution in [3.05, 3.63) is 107 Å². The van der Waals surface area contributed by atoms with Crippen molar-refractivity contribution in [1.29, 1.82) is 0 Å². The van der Waals surface area contributed by atoms with E-state index < -0.39 is 11.0 Å². The minimum Gasteiger partial charge on any atom is -0.385 e. The predicted molar refractivity (Wildman–Crippen MR) is 138 cm³/mol. The average molecular weight is 546 g/mol. The molecular weight excluding hydrogens is 509 g/mol. The number of hydrogen-bond donors (Lipinski definition) is 1. The summed E-state index contributed by atoms with van der Waals surface area (Å²) >= 11 is 0. The van der Waals surface area contributed by atoms with Crippen LogP contribution in [0.2, 0.25) is 0 Å². The van der Waals surface area contributed by atoms with E-state index in [1.165, 1.54) is 5.56 Å². The second-order valence-electron chi connectivity index (χ2n) is 9.83. The Balaban J connectivity index is 0.00000342. The summed E-state index contributed by atoms with van der Waals surface area (Å²) in [5.74, 6) is 0.0954. The molecule has 1 amide bonds. The first kappa shape index (κ1) is 27.7. The second-order valence-corrected chi connectivity index (χ2v) is 9.83. The van der Waals surface area contributed by atoms with Crippen molar-refractivity contribution in [2.75, 3.05) is 33.7 Å². The maximum Gasteiger partial charge on any atom is 0.237 e. The molecule has 0 spiro atoms. The van der Waals surface area contributed by atoms with E-state index >= 15 is 0 Å². The molecule has 1 aliphatic rings. The minimum atomic E-state index is -0.778. The van der Waals surface area contributed by atoms with Crippen LogP contribution in [0.1, 0.15) is 41.5 Å². The standard InChI is InChI=1S/C30H36N2O2.Y/c1-24-14-16-25(17-15-24)29(34)18-21-32(22-19-29)23-20-30(28(33)31(2)3,26-10-6-4-7-11-26)27-12-8-5-9-13-27;/h4-17,34H,18-23H2,1-3H3;. The SMILES string of the molecule is Cc1ccc(C2(O)CCN(CCC(C(=O)N(C)C)(c3ccccc3)c3ccccc3)CC2)cc1.[Y]. The summed E-state index contributed by atoms with van der Waals surface area (Å²) in [7, 11) is 3.68. The number of likely N-dealkylation sites (tertiary alicyclic amines) is 1. The van der Waals surface area contributed by atoms with Crippen molar-refractivity contribution in [3.63, 3.8) is 0 Å². The van der Waals surface area contributed by atoms with E-state index in [0.717, 1.165) is 36.3 Å². The normalized spacial score (nSPS) is 15.8. The van der Waals surface area contributed by atoms with Crippen molar-refractivity contribution in [2.45, 2.75) is 37.2 Å². The summed E-state index contributed by atoms with van der Waals surface area (Å²) in [5, 5.41) is 11.3. The third-order valence-electron chi connectivity index (χ3n) is 7.38. The Kier molecular flexibility index (Phi) is 9.45. The summed E-state index contributed by atoms with van der Waals surface area (Å²) in [6.45, 7) is 4.46. The Morgan fingerprint density at radius 3 is 1.83 bits per heavy atom. The van der Waals surface area contributed by atoms with Gasteiger partial charge in [-0.05, 0) is 49.4 Å². The van der Waals surface area contributed by atoms with Gasteiger partial charge in [0.25, 0.3) is 0 Å². The number of amides is 1. The molecule has 0 saturated carbocycles. The van der Waals surface area contributed by atoms with Crippen LogP contribution in [0.25, 0.3) is 0 Å². The number of likely N-dealkylation sites (N-methyl/N-ethyl adjacent to an activating group) is 1. The van der Waals surface area contributed by atoms with Gasteiger partial charge in [-0.2, -0.15) is 0 Å². The first-order valence-corrected chi connectivity index (χ1v) is 12.2. The molecule has 3 aromatic carbocycles. The van der Waals surface area contributed by atoms with Crippen molar-refractivity contribution in [2.24, 2.45) is 0 Å². The smallest absolute Gasteiger partial charge is 0.237 e. The van der Waals surface area contributed by atoms with Gasteiger partial charge in [-0.15, -0.1) is 0 Å². The number of benzene rings is 3. The average Bonchev–Trinajstić information content (AvgIpc) is 2.87. The number of aliphatic hydroxyl groups is 1. The number of nitrogens with zero attached hydrogens (tertiary/aromatic N) is 2. The third-order valence-corrected chi connectivity index (χ3v) is 7.38. The molecule has 0 aromatic heterocycles. The van der Waals surface area contributed by atoms with E-state index in [-0.39, 0.29) is 38.6 Å². The first-order valence-electron chi connectivity index (χ1n) is 12.2. The Labute approximate surface area is 235 Å². The number of aryl methyl sites for hydroxylation is 1. The van der Waals surface area contributed by atoms with Gasteiger partial charge in [0, 0.05) is 59.9 Å². The number of carbonyl (C=O) groups is 1. The van der Waals surface area contributed by atoms with E-state index in [1.807, 2.05) is 50.5 Å². The molecule has 1 aliphatic heterocycles. The molecule has 1 radical (unpaired) electrons. The zero-order valence-electron chi connectivity index (χ0n) is 21.2. The van der Waals surface area contributed by atoms with Gasteiger partial charge in [0.15, 0.2) is 0 Å². The molecule has 1 N–H and O–H groups in total. The van der Waals surface area contributed by atoms with Crippen LogP contribution in [0.15, 0.2) is 84.9 Å². The van der Waals surface area contributed by atoms with Crippen LogP contribution in [0, 0.1) is 6.92 Å². The van der Waals surface area contributed by atoms with Gasteiger partial charge in [0.05, 0.1) is 5.60 Å². The summed E-state index contributed by atoms with van der Waals surface area (Å²) in [4.78, 5) is 17.9. The molecule has 0 bridgehead atoms. The Bertz CT molecular complexity index is 1040. The van der Waals surface area contributed by atoms with Crippen molar-refractivity contribution in [1.82, 2.24) is 9.80 Å². The molecule has 1 fully saturated rings. The van der Waals surface area contributed by atoms with Crippen molar-refractivity contribution >= 4 is 5.91 Å². The molecule has 0 atom stereocenters. The van der Waals surface area contributed by atoms with Gasteiger partial charge in [0.1, 0.15) is 5.41 Å². The summed E-state index contributed by atoms with van der Waals surface area (Å²) in [6.07, 6.45) is 2.07. The number of hydrogen-bond acceptors (Lipinski definition) is 3. The van der Waals surface area contributed by atoms with Crippen LogP contribution in [0.3, 0.4) is 0 Å². The minimum absolute atomic E-state index is 0. The topological polar surface area (TPSA) is 43.8 Å². The van der Waals surface area contributed by atoms with Gasteiger partial charge in [-0.25, -0.2) is 0 Å². The van der Waals surface area contributed by atoms with Gasteiger partial charge >= 0.3 is 0 Å². The van der Waals surface area contributed by atoms with Gasteiger partial charge in [-0.3, -0.25) is 4.79 Å². The van der Waals surface area contributed by atoms with Gasteiger partial charge in [-0.1, -0.05) is 90.5 Å². The molecule has 0 unspecified atom stereocenters. The third kappa shape index (κ3) is 5.94. The zero-order valence-corrected chi connectivity index (χ0v) is 24.0. The number of piperidine rings is 1. The van der Waals surface area contributed by atoms with Crippen LogP contribution in [-0.4, -0.2) is 54.5 Å². The monoisotopic (exact) mass is 545 g/mol. The maximum absolute atomic E-state index is 13.8. The molecule has 1 heterocycles. The van der Waals surface area contributed by atoms with E-state index in [9.17, 15) is 9.90 Å². The molecule has 4 nitrogen and oxygen atoms in total. The quantitative estimate of drug-likeness (QED) is 0.467. The fraction of sp³-hybridized carbons (Fsp3) is 0.367. The summed E-state index contributed by atoms with van der Waals surface area (Å²) in [5.41, 5.74) is 2.72. The molecule has 3 aromatic rings. The van der Waals surface area contributed by atoms with Gasteiger partial charge < -0.3 is 14.9 Å². The van der Waals surface area contributed by atoms with Gasteiger partial charge in [0.2, 0.25) is 5.91 Å². The van der Waals surface area contributed by atoms with Crippen molar-refractivity contribution in [3.8, 4) is 0 Å². The maximum atomic E-state index is 13.8. The predicted octanol–water partition coefficient (Wildman–Crippen LogP) is 4.74. The Morgan fingerprint density at radius 2 is 1.37 bits per heavy atom. The van der Waals surface area contributed by atoms with E-state index in [2.05, 4.69) is 60.4 Å². The van der Waals surface area contributed by atoms with Crippen LogP contribution in [0.5, 0.6) is 0 Å². The van der Waals surface area contributed by atoms with Crippen LogP contribution in [0.4, 0.5) is 0 Å². The summed E-state index contributed by atoms with van der Waals surface area (Å²) in [6, 6.07) is 28.6. The fourth-order valence-electron chi connectivity index (χ4n) is 5.26. The second kappa shape index (κ2) is 11.9. The largest absolute Gasteiger partial charge is 0.385 e. The number of carbonyl (C=O) groups excluding carboxylic acids is 1. The Morgan fingerprint density at radius 1 is 0.886 bits per heavy atom. The molecular formula is C30H36N2O2Y. The van der Waals surface area contributed by atoms with Crippen LogP contribution >= 0.6 is 0 Å². The Hall–Kier alpha value is -1.85.